The fourth-order valence-electron chi connectivity index (χ4n) is 2.25. The van der Waals surface area contributed by atoms with E-state index in [2.05, 4.69) is 47.1 Å². The molecule has 1 aliphatic rings. The number of halogens is 1. The van der Waals surface area contributed by atoms with Gasteiger partial charge in [0.2, 0.25) is 0 Å². The Balaban J connectivity index is 2.07. The van der Waals surface area contributed by atoms with E-state index >= 15 is 0 Å². The van der Waals surface area contributed by atoms with Crippen LogP contribution >= 0.6 is 15.9 Å². The van der Waals surface area contributed by atoms with Gasteiger partial charge >= 0.3 is 0 Å². The SMILES string of the molecule is C/C(=N\C1CCCCC1)c1ccc(Br)cc1. The molecule has 0 amide bonds. The molecule has 0 N–H and O–H groups in total. The summed E-state index contributed by atoms with van der Waals surface area (Å²) in [7, 11) is 0. The number of hydrogen-bond acceptors (Lipinski definition) is 1. The lowest BCUT2D eigenvalue weighted by Gasteiger charge is -2.18. The van der Waals surface area contributed by atoms with Crippen molar-refractivity contribution in [1.29, 1.82) is 0 Å². The van der Waals surface area contributed by atoms with Crippen molar-refractivity contribution in [3.8, 4) is 0 Å². The summed E-state index contributed by atoms with van der Waals surface area (Å²) < 4.78 is 1.13. The van der Waals surface area contributed by atoms with E-state index in [-0.39, 0.29) is 0 Å². The smallest absolute Gasteiger partial charge is 0.0503 e. The first-order valence-electron chi connectivity index (χ1n) is 6.06. The molecule has 0 aliphatic heterocycles. The summed E-state index contributed by atoms with van der Waals surface area (Å²) in [5, 5.41) is 0. The molecule has 2 heteroatoms. The van der Waals surface area contributed by atoms with Crippen molar-refractivity contribution in [2.24, 2.45) is 4.99 Å². The molecule has 0 unspecified atom stereocenters. The molecule has 1 aromatic carbocycles. The normalized spacial score (nSPS) is 18.8. The van der Waals surface area contributed by atoms with Crippen LogP contribution in [0.5, 0.6) is 0 Å². The summed E-state index contributed by atoms with van der Waals surface area (Å²) in [6.07, 6.45) is 6.63. The Morgan fingerprint density at radius 2 is 1.75 bits per heavy atom. The average Bonchev–Trinajstić information content (AvgIpc) is 2.31. The van der Waals surface area contributed by atoms with Gasteiger partial charge in [-0.2, -0.15) is 0 Å². The third-order valence-electron chi connectivity index (χ3n) is 3.21. The van der Waals surface area contributed by atoms with Gasteiger partial charge in [0.1, 0.15) is 0 Å². The zero-order valence-corrected chi connectivity index (χ0v) is 11.3. The minimum Gasteiger partial charge on any atom is -0.286 e. The predicted octanol–water partition coefficient (Wildman–Crippen LogP) is 4.59. The van der Waals surface area contributed by atoms with E-state index in [0.717, 1.165) is 4.47 Å². The lowest BCUT2D eigenvalue weighted by atomic mass is 9.96. The molecule has 0 atom stereocenters. The molecular formula is C14H18BrN. The van der Waals surface area contributed by atoms with E-state index in [9.17, 15) is 0 Å². The fraction of sp³-hybridized carbons (Fsp3) is 0.500. The standard InChI is InChI=1S/C14H18BrN/c1-11(12-7-9-13(15)10-8-12)16-14-5-3-2-4-6-14/h7-10,14H,2-6H2,1H3/b16-11+. The first-order valence-corrected chi connectivity index (χ1v) is 6.85. The van der Waals surface area contributed by atoms with Crippen LogP contribution in [0.1, 0.15) is 44.6 Å². The van der Waals surface area contributed by atoms with Gasteiger partial charge in [-0.1, -0.05) is 47.3 Å². The van der Waals surface area contributed by atoms with Crippen molar-refractivity contribution >= 4 is 21.6 Å². The van der Waals surface area contributed by atoms with Gasteiger partial charge in [0.05, 0.1) is 6.04 Å². The lowest BCUT2D eigenvalue weighted by molar-refractivity contribution is 0.443. The molecule has 1 aromatic rings. The highest BCUT2D eigenvalue weighted by molar-refractivity contribution is 9.10. The van der Waals surface area contributed by atoms with Crippen molar-refractivity contribution < 1.29 is 0 Å². The maximum atomic E-state index is 4.84. The molecule has 1 aliphatic carbocycles. The van der Waals surface area contributed by atoms with Crippen LogP contribution in [0, 0.1) is 0 Å². The van der Waals surface area contributed by atoms with Crippen LogP contribution in [0.3, 0.4) is 0 Å². The van der Waals surface area contributed by atoms with Crippen LogP contribution in [0.15, 0.2) is 33.7 Å². The molecule has 0 heterocycles. The number of rotatable bonds is 2. The van der Waals surface area contributed by atoms with Gasteiger partial charge in [0.25, 0.3) is 0 Å². The molecule has 2 rings (SSSR count). The topological polar surface area (TPSA) is 12.4 Å². The highest BCUT2D eigenvalue weighted by Gasteiger charge is 2.12. The molecule has 0 spiro atoms. The molecule has 1 nitrogen and oxygen atoms in total. The summed E-state index contributed by atoms with van der Waals surface area (Å²) in [4.78, 5) is 4.84. The van der Waals surface area contributed by atoms with Crippen LogP contribution in [-0.2, 0) is 0 Å². The minimum absolute atomic E-state index is 0.567. The summed E-state index contributed by atoms with van der Waals surface area (Å²) in [6, 6.07) is 8.99. The zero-order chi connectivity index (χ0) is 11.4. The zero-order valence-electron chi connectivity index (χ0n) is 9.75. The fourth-order valence-corrected chi connectivity index (χ4v) is 2.51. The third kappa shape index (κ3) is 3.18. The number of hydrogen-bond donors (Lipinski definition) is 0. The van der Waals surface area contributed by atoms with Crippen molar-refractivity contribution in [3.05, 3.63) is 34.3 Å². The molecule has 0 bridgehead atoms. The number of aliphatic imine (C=N–C) groups is 1. The predicted molar refractivity (Wildman–Crippen MR) is 73.2 cm³/mol. The second-order valence-corrected chi connectivity index (χ2v) is 5.43. The first kappa shape index (κ1) is 11.8. The summed E-state index contributed by atoms with van der Waals surface area (Å²) in [5.74, 6) is 0. The largest absolute Gasteiger partial charge is 0.286 e. The molecule has 16 heavy (non-hydrogen) atoms. The maximum Gasteiger partial charge on any atom is 0.0503 e. The van der Waals surface area contributed by atoms with E-state index in [1.54, 1.807) is 0 Å². The van der Waals surface area contributed by atoms with Gasteiger partial charge in [-0.05, 0) is 37.5 Å². The van der Waals surface area contributed by atoms with Crippen molar-refractivity contribution in [2.45, 2.75) is 45.1 Å². The number of nitrogens with zero attached hydrogens (tertiary/aromatic N) is 1. The molecule has 86 valence electrons. The second-order valence-electron chi connectivity index (χ2n) is 4.51. The first-order chi connectivity index (χ1) is 7.75. The summed E-state index contributed by atoms with van der Waals surface area (Å²) in [5.41, 5.74) is 2.42. The van der Waals surface area contributed by atoms with Gasteiger partial charge in [0, 0.05) is 10.2 Å². The van der Waals surface area contributed by atoms with Crippen molar-refractivity contribution in [1.82, 2.24) is 0 Å². The Bertz CT molecular complexity index is 361. The van der Waals surface area contributed by atoms with Gasteiger partial charge in [-0.25, -0.2) is 0 Å². The van der Waals surface area contributed by atoms with Gasteiger partial charge in [-0.3, -0.25) is 4.99 Å². The molecule has 0 radical (unpaired) electrons. The highest BCUT2D eigenvalue weighted by Crippen LogP contribution is 2.21. The molecule has 1 saturated carbocycles. The van der Waals surface area contributed by atoms with Crippen LogP contribution in [-0.4, -0.2) is 11.8 Å². The van der Waals surface area contributed by atoms with E-state index in [4.69, 9.17) is 4.99 Å². The molecular weight excluding hydrogens is 262 g/mol. The Hall–Kier alpha value is -0.630. The Morgan fingerprint density at radius 1 is 1.12 bits per heavy atom. The Kier molecular flexibility index (Phi) is 4.16. The Labute approximate surface area is 106 Å². The molecule has 0 saturated heterocycles. The van der Waals surface area contributed by atoms with Crippen LogP contribution in [0.2, 0.25) is 0 Å². The van der Waals surface area contributed by atoms with E-state index in [1.165, 1.54) is 43.4 Å². The second kappa shape index (κ2) is 5.62. The van der Waals surface area contributed by atoms with Crippen LogP contribution < -0.4 is 0 Å². The van der Waals surface area contributed by atoms with E-state index < -0.39 is 0 Å². The summed E-state index contributed by atoms with van der Waals surface area (Å²) in [6.45, 7) is 2.12. The van der Waals surface area contributed by atoms with Crippen molar-refractivity contribution in [2.75, 3.05) is 0 Å². The maximum absolute atomic E-state index is 4.84. The van der Waals surface area contributed by atoms with Crippen LogP contribution in [0.25, 0.3) is 0 Å². The highest BCUT2D eigenvalue weighted by atomic mass is 79.9. The van der Waals surface area contributed by atoms with E-state index in [0.29, 0.717) is 6.04 Å². The molecule has 0 aromatic heterocycles. The van der Waals surface area contributed by atoms with Gasteiger partial charge < -0.3 is 0 Å². The average molecular weight is 280 g/mol. The van der Waals surface area contributed by atoms with Gasteiger partial charge in [0.15, 0.2) is 0 Å². The van der Waals surface area contributed by atoms with Crippen LogP contribution in [0.4, 0.5) is 0 Å². The molecule has 1 fully saturated rings. The Morgan fingerprint density at radius 3 is 2.38 bits per heavy atom. The lowest BCUT2D eigenvalue weighted by Crippen LogP contribution is -2.12. The van der Waals surface area contributed by atoms with E-state index in [1.807, 2.05) is 0 Å². The van der Waals surface area contributed by atoms with Gasteiger partial charge in [-0.15, -0.1) is 0 Å². The monoisotopic (exact) mass is 279 g/mol. The quantitative estimate of drug-likeness (QED) is 0.702. The number of benzene rings is 1. The minimum atomic E-state index is 0.567. The third-order valence-corrected chi connectivity index (χ3v) is 3.74. The van der Waals surface area contributed by atoms with Crippen molar-refractivity contribution in [3.63, 3.8) is 0 Å². The summed E-state index contributed by atoms with van der Waals surface area (Å²) >= 11 is 3.45.